The third kappa shape index (κ3) is 10.5. The Balaban J connectivity index is 0.000000466. The Bertz CT molecular complexity index is 1080. The number of fused-ring (bicyclic) bond motifs is 1. The summed E-state index contributed by atoms with van der Waals surface area (Å²) >= 11 is 0. The van der Waals surface area contributed by atoms with Gasteiger partial charge in [-0.05, 0) is 73.7 Å². The van der Waals surface area contributed by atoms with Crippen molar-refractivity contribution in [3.8, 4) is 5.75 Å². The number of aromatic nitrogens is 1. The van der Waals surface area contributed by atoms with Gasteiger partial charge in [-0.2, -0.15) is 0 Å². The predicted octanol–water partition coefficient (Wildman–Crippen LogP) is 1.12. The monoisotopic (exact) mass is 480 g/mol. The molecule has 3 aromatic rings. The number of carboxylic acid groups (broad SMARTS) is 2. The Morgan fingerprint density at radius 1 is 1.03 bits per heavy atom. The average molecular weight is 481 g/mol. The molecule has 0 bridgehead atoms. The van der Waals surface area contributed by atoms with E-state index in [1.807, 2.05) is 24.4 Å². The van der Waals surface area contributed by atoms with Gasteiger partial charge in [0.15, 0.2) is 0 Å². The van der Waals surface area contributed by atoms with Gasteiger partial charge in [0.25, 0.3) is 0 Å². The lowest BCUT2D eigenvalue weighted by molar-refractivity contribution is -0.301. The number of ether oxygens (including phenoxy) is 1. The smallest absolute Gasteiger partial charge is 0.122 e. The number of hydrogen-bond donors (Lipinski definition) is 3. The van der Waals surface area contributed by atoms with Gasteiger partial charge in [0.2, 0.25) is 0 Å². The third-order valence-electron chi connectivity index (χ3n) is 5.14. The molecule has 1 unspecified atom stereocenters. The molecule has 0 radical (unpaired) electrons. The Morgan fingerprint density at radius 3 is 2.43 bits per heavy atom. The zero-order valence-corrected chi connectivity index (χ0v) is 19.9. The molecule has 1 heterocycles. The quantitative estimate of drug-likeness (QED) is 0.246. The first-order chi connectivity index (χ1) is 16.9. The Kier molecular flexibility index (Phi) is 12.1. The summed E-state index contributed by atoms with van der Waals surface area (Å²) in [5.74, 6) is -2.21. The predicted molar refractivity (Wildman–Crippen MR) is 131 cm³/mol. The molecule has 1 aromatic heterocycles. The van der Waals surface area contributed by atoms with Gasteiger partial charge >= 0.3 is 0 Å². The second kappa shape index (κ2) is 15.3. The van der Waals surface area contributed by atoms with Crippen molar-refractivity contribution in [2.45, 2.75) is 38.7 Å². The zero-order valence-electron chi connectivity index (χ0n) is 19.9. The summed E-state index contributed by atoms with van der Waals surface area (Å²) in [6.07, 6.45) is 6.39. The van der Waals surface area contributed by atoms with Crippen LogP contribution in [0.15, 0.2) is 66.9 Å². The lowest BCUT2D eigenvalue weighted by Gasteiger charge is -2.15. The number of aliphatic hydroxyl groups excluding tert-OH is 1. The molecule has 2 aromatic carbocycles. The van der Waals surface area contributed by atoms with Crippen molar-refractivity contribution >= 4 is 22.8 Å². The Labute approximate surface area is 205 Å². The highest BCUT2D eigenvalue weighted by Crippen LogP contribution is 2.23. The van der Waals surface area contributed by atoms with Crippen LogP contribution >= 0.6 is 0 Å². The summed E-state index contributed by atoms with van der Waals surface area (Å²) in [6, 6.07) is 16.7. The maximum Gasteiger partial charge on any atom is 0.122 e. The molecule has 0 saturated heterocycles. The van der Waals surface area contributed by atoms with Crippen LogP contribution in [0.3, 0.4) is 0 Å². The van der Waals surface area contributed by atoms with Crippen LogP contribution in [0.4, 0.5) is 0 Å². The minimum absolute atomic E-state index is 0.316. The first kappa shape index (κ1) is 27.6. The summed E-state index contributed by atoms with van der Waals surface area (Å²) < 4.78 is 5.90. The van der Waals surface area contributed by atoms with Crippen LogP contribution in [0.2, 0.25) is 0 Å². The molecule has 0 aliphatic rings. The molecular formula is C27H32N2O6-2. The molecule has 0 aliphatic carbocycles. The second-order valence-corrected chi connectivity index (χ2v) is 7.96. The van der Waals surface area contributed by atoms with Gasteiger partial charge in [-0.25, -0.2) is 0 Å². The molecule has 3 rings (SSSR count). The lowest BCUT2D eigenvalue weighted by Crippen LogP contribution is -2.31. The fourth-order valence-corrected chi connectivity index (χ4v) is 3.52. The van der Waals surface area contributed by atoms with Crippen molar-refractivity contribution in [1.82, 2.24) is 10.3 Å². The Morgan fingerprint density at radius 2 is 1.71 bits per heavy atom. The van der Waals surface area contributed by atoms with E-state index in [0.29, 0.717) is 25.3 Å². The molecule has 3 N–H and O–H groups in total. The second-order valence-electron chi connectivity index (χ2n) is 7.96. The first-order valence-corrected chi connectivity index (χ1v) is 11.6. The minimum Gasteiger partial charge on any atom is -0.545 e. The molecule has 188 valence electrons. The summed E-state index contributed by atoms with van der Waals surface area (Å²) in [5, 5.41) is 33.4. The molecule has 1 atom stereocenters. The largest absolute Gasteiger partial charge is 0.545 e. The van der Waals surface area contributed by atoms with Gasteiger partial charge in [-0.3, -0.25) is 0 Å². The average Bonchev–Trinajstić information content (AvgIpc) is 3.33. The van der Waals surface area contributed by atoms with Crippen LogP contribution in [0, 0.1) is 0 Å². The number of aromatic amines is 1. The van der Waals surface area contributed by atoms with Gasteiger partial charge in [0.1, 0.15) is 18.5 Å². The minimum atomic E-state index is -1.55. The van der Waals surface area contributed by atoms with Gasteiger partial charge in [-0.1, -0.05) is 37.3 Å². The zero-order chi connectivity index (χ0) is 25.5. The highest BCUT2D eigenvalue weighted by molar-refractivity contribution is 5.87. The van der Waals surface area contributed by atoms with Crippen molar-refractivity contribution in [2.75, 3.05) is 19.7 Å². The lowest BCUT2D eigenvalue weighted by atomic mass is 10.0. The number of para-hydroxylation sites is 1. The van der Waals surface area contributed by atoms with E-state index in [9.17, 15) is 24.9 Å². The number of rotatable bonds is 13. The molecule has 0 amide bonds. The van der Waals surface area contributed by atoms with Crippen molar-refractivity contribution in [1.29, 1.82) is 0 Å². The molecule has 0 spiro atoms. The summed E-state index contributed by atoms with van der Waals surface area (Å²) in [7, 11) is 0. The van der Waals surface area contributed by atoms with E-state index in [1.165, 1.54) is 22.0 Å². The maximum atomic E-state index is 10.0. The molecule has 35 heavy (non-hydrogen) atoms. The van der Waals surface area contributed by atoms with Crippen molar-refractivity contribution in [2.24, 2.45) is 0 Å². The molecular weight excluding hydrogens is 448 g/mol. The summed E-state index contributed by atoms with van der Waals surface area (Å²) in [5.41, 5.74) is 3.78. The van der Waals surface area contributed by atoms with Crippen molar-refractivity contribution in [3.63, 3.8) is 0 Å². The summed E-state index contributed by atoms with van der Waals surface area (Å²) in [4.78, 5) is 22.1. The van der Waals surface area contributed by atoms with E-state index in [-0.39, 0.29) is 0 Å². The van der Waals surface area contributed by atoms with Crippen LogP contribution in [0.25, 0.3) is 10.9 Å². The highest BCUT2D eigenvalue weighted by Gasteiger charge is 2.08. The van der Waals surface area contributed by atoms with Gasteiger partial charge in [0.05, 0.1) is 11.9 Å². The Hall–Kier alpha value is -3.62. The number of hydrogen-bond acceptors (Lipinski definition) is 7. The van der Waals surface area contributed by atoms with E-state index in [4.69, 9.17) is 4.74 Å². The van der Waals surface area contributed by atoms with Crippen LogP contribution in [-0.4, -0.2) is 47.8 Å². The van der Waals surface area contributed by atoms with Gasteiger partial charge < -0.3 is 39.9 Å². The van der Waals surface area contributed by atoms with Crippen LogP contribution in [0.5, 0.6) is 5.75 Å². The highest BCUT2D eigenvalue weighted by atomic mass is 16.5. The van der Waals surface area contributed by atoms with E-state index in [0.717, 1.165) is 38.0 Å². The normalized spacial score (nSPS) is 11.7. The van der Waals surface area contributed by atoms with Crippen LogP contribution < -0.4 is 20.3 Å². The first-order valence-electron chi connectivity index (χ1n) is 11.6. The van der Waals surface area contributed by atoms with Crippen LogP contribution in [-0.2, 0) is 22.4 Å². The van der Waals surface area contributed by atoms with Gasteiger partial charge in [0, 0.05) is 23.6 Å². The molecule has 0 aliphatic heterocycles. The van der Waals surface area contributed by atoms with Crippen molar-refractivity contribution in [3.05, 3.63) is 78.0 Å². The SMILES string of the molecule is CCCNCC(O)COc1ccccc1CCCc1cccc2[nH]ccc12.O=C([O-])C=CC(=O)[O-]. The van der Waals surface area contributed by atoms with Crippen molar-refractivity contribution < 1.29 is 29.6 Å². The van der Waals surface area contributed by atoms with E-state index < -0.39 is 18.0 Å². The molecule has 8 heteroatoms. The number of carbonyl (C=O) groups excluding carboxylic acids is 2. The number of aliphatic hydroxyl groups is 1. The van der Waals surface area contributed by atoms with E-state index >= 15 is 0 Å². The molecule has 0 fully saturated rings. The fourth-order valence-electron chi connectivity index (χ4n) is 3.52. The van der Waals surface area contributed by atoms with Gasteiger partial charge in [-0.15, -0.1) is 0 Å². The number of aryl methyl sites for hydroxylation is 2. The van der Waals surface area contributed by atoms with E-state index in [1.54, 1.807) is 0 Å². The molecule has 8 nitrogen and oxygen atoms in total. The number of carbonyl (C=O) groups is 2. The van der Waals surface area contributed by atoms with E-state index in [2.05, 4.69) is 47.6 Å². The topological polar surface area (TPSA) is 138 Å². The standard InChI is InChI=1S/C23H30N2O2.C4H4O4/c1-2-14-24-16-20(26)17-27-23-12-4-3-7-19(23)10-5-8-18-9-6-11-22-21(18)13-15-25-22;5-3(6)1-2-4(7)8/h3-4,6-7,9,11-13,15,20,24-26H,2,5,8,10,14,16-17H2,1H3;1-2H,(H,5,6)(H,7,8)/p-2. The maximum absolute atomic E-state index is 10.0. The third-order valence-corrected chi connectivity index (χ3v) is 5.14. The number of H-pyrrole nitrogens is 1. The number of benzene rings is 2. The number of carboxylic acids is 2. The fraction of sp³-hybridized carbons (Fsp3) is 0.333. The van der Waals surface area contributed by atoms with Crippen LogP contribution in [0.1, 0.15) is 30.9 Å². The molecule has 0 saturated carbocycles. The number of nitrogens with one attached hydrogen (secondary N) is 2. The summed E-state index contributed by atoms with van der Waals surface area (Å²) in [6.45, 7) is 3.91. The number of aliphatic carboxylic acids is 2.